The highest BCUT2D eigenvalue weighted by atomic mass is 16.5. The Balaban J connectivity index is 1.63. The van der Waals surface area contributed by atoms with Gasteiger partial charge in [-0.25, -0.2) is 19.2 Å². The van der Waals surface area contributed by atoms with E-state index in [4.69, 9.17) is 14.2 Å². The largest absolute Gasteiger partial charge is 0.465 e. The van der Waals surface area contributed by atoms with Crippen molar-refractivity contribution in [1.29, 1.82) is 0 Å². The molecule has 0 saturated carbocycles. The van der Waals surface area contributed by atoms with Gasteiger partial charge in [-0.05, 0) is 93.1 Å². The fourth-order valence-electron chi connectivity index (χ4n) is 3.01. The topological polar surface area (TPSA) is 105 Å². The Bertz CT molecular complexity index is 1240. The predicted molar refractivity (Wildman–Crippen MR) is 126 cm³/mol. The van der Waals surface area contributed by atoms with E-state index in [0.717, 1.165) is 0 Å². The van der Waals surface area contributed by atoms with Gasteiger partial charge in [0.15, 0.2) is 0 Å². The molecular weight excluding hydrogens is 452 g/mol. The number of aryl methyl sites for hydroxylation is 1. The predicted octanol–water partition coefficient (Wildman–Crippen LogP) is 4.79. The molecule has 8 nitrogen and oxygen atoms in total. The van der Waals surface area contributed by atoms with Gasteiger partial charge in [0, 0.05) is 0 Å². The average Bonchev–Trinajstić information content (AvgIpc) is 2.84. The van der Waals surface area contributed by atoms with Crippen molar-refractivity contribution in [3.8, 4) is 11.5 Å². The summed E-state index contributed by atoms with van der Waals surface area (Å²) < 4.78 is 20.6. The zero-order valence-corrected chi connectivity index (χ0v) is 19.7. The molecule has 180 valence electrons. The van der Waals surface area contributed by atoms with Crippen molar-refractivity contribution >= 4 is 23.9 Å². The first-order valence-electron chi connectivity index (χ1n) is 10.7. The number of benzene rings is 3. The average molecular weight is 476 g/mol. The summed E-state index contributed by atoms with van der Waals surface area (Å²) in [4.78, 5) is 48.4. The Labute approximate surface area is 202 Å². The third-order valence-electron chi connectivity index (χ3n) is 4.80. The second-order valence-corrected chi connectivity index (χ2v) is 7.81. The Kier molecular flexibility index (Phi) is 7.99. The zero-order chi connectivity index (χ0) is 25.5. The van der Waals surface area contributed by atoms with E-state index in [1.54, 1.807) is 26.8 Å². The van der Waals surface area contributed by atoms with Crippen molar-refractivity contribution < 1.29 is 38.1 Å². The summed E-state index contributed by atoms with van der Waals surface area (Å²) >= 11 is 0. The number of hydrogen-bond acceptors (Lipinski definition) is 8. The zero-order valence-electron chi connectivity index (χ0n) is 19.7. The molecule has 0 N–H and O–H groups in total. The second kappa shape index (κ2) is 11.1. The first kappa shape index (κ1) is 25.2. The first-order chi connectivity index (χ1) is 16.7. The molecular formula is C27H24O8. The van der Waals surface area contributed by atoms with Gasteiger partial charge in [0.1, 0.15) is 11.5 Å². The van der Waals surface area contributed by atoms with Crippen LogP contribution < -0.4 is 9.47 Å². The van der Waals surface area contributed by atoms with Crippen molar-refractivity contribution in [2.24, 2.45) is 0 Å². The minimum Gasteiger partial charge on any atom is -0.465 e. The van der Waals surface area contributed by atoms with Gasteiger partial charge in [-0.2, -0.15) is 0 Å². The van der Waals surface area contributed by atoms with E-state index < -0.39 is 23.9 Å². The molecule has 0 aromatic heterocycles. The number of carbonyl (C=O) groups excluding carboxylic acids is 4. The summed E-state index contributed by atoms with van der Waals surface area (Å²) in [5, 5.41) is 0. The number of ether oxygens (including phenoxy) is 4. The summed E-state index contributed by atoms with van der Waals surface area (Å²) in [6, 6.07) is 16.4. The van der Waals surface area contributed by atoms with E-state index in [9.17, 15) is 19.2 Å². The molecule has 0 aliphatic rings. The Hall–Kier alpha value is -4.46. The number of hydrogen-bond donors (Lipinski definition) is 0. The van der Waals surface area contributed by atoms with Crippen LogP contribution in [0, 0.1) is 6.92 Å². The molecule has 3 aromatic rings. The highest BCUT2D eigenvalue weighted by molar-refractivity contribution is 5.95. The van der Waals surface area contributed by atoms with Gasteiger partial charge in [-0.3, -0.25) is 0 Å². The molecule has 0 heterocycles. The number of rotatable bonds is 7. The molecule has 0 spiro atoms. The van der Waals surface area contributed by atoms with Crippen LogP contribution in [0.2, 0.25) is 0 Å². The Morgan fingerprint density at radius 3 is 1.54 bits per heavy atom. The molecule has 0 bridgehead atoms. The molecule has 0 unspecified atom stereocenters. The lowest BCUT2D eigenvalue weighted by Gasteiger charge is -2.11. The normalized spacial score (nSPS) is 10.4. The van der Waals surface area contributed by atoms with E-state index in [-0.39, 0.29) is 23.0 Å². The maximum absolute atomic E-state index is 12.5. The molecule has 0 saturated heterocycles. The highest BCUT2D eigenvalue weighted by Crippen LogP contribution is 2.25. The summed E-state index contributed by atoms with van der Waals surface area (Å²) in [6.07, 6.45) is -0.246. The molecule has 8 heteroatoms. The van der Waals surface area contributed by atoms with Gasteiger partial charge >= 0.3 is 23.9 Å². The third kappa shape index (κ3) is 6.54. The standard InChI is InChI=1S/C27H24O8/c1-16(2)33-25(29)19-9-11-20(12-10-19)26(30)34-22-13-14-23(17(3)15-22)35-27(31)21-7-5-18(6-8-21)24(28)32-4/h5-16H,1-4H3. The van der Waals surface area contributed by atoms with Crippen molar-refractivity contribution in [2.75, 3.05) is 7.11 Å². The fourth-order valence-corrected chi connectivity index (χ4v) is 3.01. The summed E-state index contributed by atoms with van der Waals surface area (Å²) in [6.45, 7) is 5.21. The molecule has 3 rings (SSSR count). The summed E-state index contributed by atoms with van der Waals surface area (Å²) in [7, 11) is 1.27. The van der Waals surface area contributed by atoms with Crippen LogP contribution >= 0.6 is 0 Å². The molecule has 35 heavy (non-hydrogen) atoms. The molecule has 0 radical (unpaired) electrons. The molecule has 0 aliphatic heterocycles. The summed E-state index contributed by atoms with van der Waals surface area (Å²) in [5.41, 5.74) is 1.73. The Morgan fingerprint density at radius 1 is 0.629 bits per heavy atom. The van der Waals surface area contributed by atoms with Crippen LogP contribution in [-0.2, 0) is 9.47 Å². The van der Waals surface area contributed by atoms with Gasteiger partial charge in [0.05, 0.1) is 35.5 Å². The van der Waals surface area contributed by atoms with Crippen LogP contribution in [0.5, 0.6) is 11.5 Å². The quantitative estimate of drug-likeness (QED) is 0.354. The van der Waals surface area contributed by atoms with E-state index >= 15 is 0 Å². The second-order valence-electron chi connectivity index (χ2n) is 7.81. The van der Waals surface area contributed by atoms with Gasteiger partial charge in [-0.1, -0.05) is 0 Å². The SMILES string of the molecule is COC(=O)c1ccc(C(=O)Oc2ccc(OC(=O)c3ccc(C(=O)OC(C)C)cc3)cc2C)cc1. The number of esters is 4. The molecule has 3 aromatic carbocycles. The van der Waals surface area contributed by atoms with Gasteiger partial charge in [-0.15, -0.1) is 0 Å². The smallest absolute Gasteiger partial charge is 0.343 e. The summed E-state index contributed by atoms with van der Waals surface area (Å²) in [5.74, 6) is -1.64. The number of carbonyl (C=O) groups is 4. The van der Waals surface area contributed by atoms with Crippen LogP contribution in [-0.4, -0.2) is 37.1 Å². The van der Waals surface area contributed by atoms with E-state index in [2.05, 4.69) is 4.74 Å². The van der Waals surface area contributed by atoms with Gasteiger partial charge in [0.2, 0.25) is 0 Å². The van der Waals surface area contributed by atoms with Gasteiger partial charge in [0.25, 0.3) is 0 Å². The molecule has 0 atom stereocenters. The van der Waals surface area contributed by atoms with Crippen LogP contribution in [0.25, 0.3) is 0 Å². The van der Waals surface area contributed by atoms with Crippen LogP contribution in [0.1, 0.15) is 60.8 Å². The first-order valence-corrected chi connectivity index (χ1v) is 10.7. The lowest BCUT2D eigenvalue weighted by Crippen LogP contribution is -2.13. The van der Waals surface area contributed by atoms with Crippen molar-refractivity contribution in [1.82, 2.24) is 0 Å². The van der Waals surface area contributed by atoms with Crippen molar-refractivity contribution in [3.05, 3.63) is 94.5 Å². The third-order valence-corrected chi connectivity index (χ3v) is 4.80. The fraction of sp³-hybridized carbons (Fsp3) is 0.185. The minimum atomic E-state index is -0.608. The van der Waals surface area contributed by atoms with E-state index in [0.29, 0.717) is 22.4 Å². The number of methoxy groups -OCH3 is 1. The maximum Gasteiger partial charge on any atom is 0.343 e. The van der Waals surface area contributed by atoms with Crippen molar-refractivity contribution in [3.63, 3.8) is 0 Å². The lowest BCUT2D eigenvalue weighted by molar-refractivity contribution is 0.0376. The van der Waals surface area contributed by atoms with E-state index in [1.165, 1.54) is 67.8 Å². The van der Waals surface area contributed by atoms with Crippen LogP contribution in [0.15, 0.2) is 66.7 Å². The van der Waals surface area contributed by atoms with E-state index in [1.807, 2.05) is 0 Å². The van der Waals surface area contributed by atoms with Crippen molar-refractivity contribution in [2.45, 2.75) is 26.9 Å². The van der Waals surface area contributed by atoms with Crippen LogP contribution in [0.3, 0.4) is 0 Å². The molecule has 0 amide bonds. The molecule has 0 aliphatic carbocycles. The molecule has 0 fully saturated rings. The Morgan fingerprint density at radius 2 is 1.09 bits per heavy atom. The lowest BCUT2D eigenvalue weighted by atomic mass is 10.1. The monoisotopic (exact) mass is 476 g/mol. The van der Waals surface area contributed by atoms with Crippen LogP contribution in [0.4, 0.5) is 0 Å². The minimum absolute atomic E-state index is 0.246. The van der Waals surface area contributed by atoms with Gasteiger partial charge < -0.3 is 18.9 Å². The highest BCUT2D eigenvalue weighted by Gasteiger charge is 2.15. The maximum atomic E-state index is 12.5.